The van der Waals surface area contributed by atoms with E-state index in [0.717, 1.165) is 40.5 Å². The van der Waals surface area contributed by atoms with E-state index in [4.69, 9.17) is 23.2 Å². The van der Waals surface area contributed by atoms with Crippen molar-refractivity contribution in [1.29, 1.82) is 0 Å². The minimum Gasteiger partial charge on any atom is -0.312 e. The summed E-state index contributed by atoms with van der Waals surface area (Å²) in [5, 5.41) is 4.95. The summed E-state index contributed by atoms with van der Waals surface area (Å²) in [6.07, 6.45) is 1.36. The molecule has 0 aromatic heterocycles. The Balaban J connectivity index is 1.84. The van der Waals surface area contributed by atoms with Gasteiger partial charge in [-0.3, -0.25) is 0 Å². The third-order valence-electron chi connectivity index (χ3n) is 3.01. The Morgan fingerprint density at radius 3 is 2.80 bits per heavy atom. The normalized spacial score (nSPS) is 24.2. The Bertz CT molecular complexity index is 351. The summed E-state index contributed by atoms with van der Waals surface area (Å²) in [6, 6.07) is 5.59. The summed E-state index contributed by atoms with van der Waals surface area (Å²) in [5.41, 5.74) is 1.08. The first-order chi connectivity index (χ1) is 7.16. The van der Waals surface area contributed by atoms with Crippen molar-refractivity contribution in [3.63, 3.8) is 0 Å². The maximum Gasteiger partial charge on any atom is 0.0451 e. The van der Waals surface area contributed by atoms with Crippen LogP contribution in [0.2, 0.25) is 10.0 Å². The summed E-state index contributed by atoms with van der Waals surface area (Å²) in [7, 11) is 0. The molecule has 3 heteroatoms. The van der Waals surface area contributed by atoms with Crippen LogP contribution in [-0.4, -0.2) is 6.54 Å². The molecule has 2 atom stereocenters. The van der Waals surface area contributed by atoms with Crippen LogP contribution in [-0.2, 0) is 6.54 Å². The largest absolute Gasteiger partial charge is 0.312 e. The fourth-order valence-electron chi connectivity index (χ4n) is 1.75. The molecule has 0 saturated heterocycles. The molecule has 1 aliphatic rings. The van der Waals surface area contributed by atoms with Crippen LogP contribution >= 0.6 is 23.2 Å². The van der Waals surface area contributed by atoms with E-state index in [1.807, 2.05) is 18.2 Å². The second-order valence-corrected chi connectivity index (χ2v) is 5.18. The number of benzene rings is 1. The van der Waals surface area contributed by atoms with Crippen molar-refractivity contribution < 1.29 is 0 Å². The van der Waals surface area contributed by atoms with Crippen molar-refractivity contribution in [1.82, 2.24) is 5.32 Å². The molecule has 1 N–H and O–H groups in total. The van der Waals surface area contributed by atoms with Crippen molar-refractivity contribution in [3.8, 4) is 0 Å². The topological polar surface area (TPSA) is 12.0 Å². The molecule has 0 heterocycles. The second-order valence-electron chi connectivity index (χ2n) is 4.34. The van der Waals surface area contributed by atoms with Crippen LogP contribution in [0, 0.1) is 11.8 Å². The van der Waals surface area contributed by atoms with Crippen LogP contribution in [0.5, 0.6) is 0 Å². The summed E-state index contributed by atoms with van der Waals surface area (Å²) in [6.45, 7) is 4.19. The first kappa shape index (κ1) is 11.3. The van der Waals surface area contributed by atoms with E-state index < -0.39 is 0 Å². The fourth-order valence-corrected chi connectivity index (χ4v) is 2.13. The molecule has 0 amide bonds. The second kappa shape index (κ2) is 4.73. The molecule has 0 aliphatic heterocycles. The lowest BCUT2D eigenvalue weighted by Crippen LogP contribution is -2.17. The smallest absolute Gasteiger partial charge is 0.0451 e. The quantitative estimate of drug-likeness (QED) is 0.850. The maximum atomic E-state index is 6.06. The third-order valence-corrected chi connectivity index (χ3v) is 3.61. The van der Waals surface area contributed by atoms with Gasteiger partial charge in [0.05, 0.1) is 0 Å². The highest BCUT2D eigenvalue weighted by Gasteiger charge is 2.31. The van der Waals surface area contributed by atoms with Gasteiger partial charge < -0.3 is 5.32 Å². The van der Waals surface area contributed by atoms with Crippen LogP contribution in [0.4, 0.5) is 0 Å². The summed E-state index contributed by atoms with van der Waals surface area (Å²) >= 11 is 12.0. The molecule has 1 fully saturated rings. The SMILES string of the molecule is CC1CC1CNCc1cc(Cl)ccc1Cl. The van der Waals surface area contributed by atoms with Gasteiger partial charge in [0, 0.05) is 16.6 Å². The summed E-state index contributed by atoms with van der Waals surface area (Å²) in [5.74, 6) is 1.76. The minimum atomic E-state index is 0.746. The van der Waals surface area contributed by atoms with Crippen molar-refractivity contribution in [2.24, 2.45) is 11.8 Å². The van der Waals surface area contributed by atoms with Crippen molar-refractivity contribution in [3.05, 3.63) is 33.8 Å². The number of nitrogens with one attached hydrogen (secondary N) is 1. The molecule has 15 heavy (non-hydrogen) atoms. The van der Waals surface area contributed by atoms with Gasteiger partial charge in [0.2, 0.25) is 0 Å². The predicted octanol–water partition coefficient (Wildman–Crippen LogP) is 3.74. The highest BCUT2D eigenvalue weighted by molar-refractivity contribution is 6.33. The van der Waals surface area contributed by atoms with E-state index in [1.165, 1.54) is 6.42 Å². The Kier molecular flexibility index (Phi) is 3.55. The highest BCUT2D eigenvalue weighted by atomic mass is 35.5. The number of hydrogen-bond donors (Lipinski definition) is 1. The van der Waals surface area contributed by atoms with E-state index in [-0.39, 0.29) is 0 Å². The van der Waals surface area contributed by atoms with E-state index in [9.17, 15) is 0 Å². The van der Waals surface area contributed by atoms with Crippen LogP contribution in [0.25, 0.3) is 0 Å². The molecule has 1 nitrogen and oxygen atoms in total. The van der Waals surface area contributed by atoms with Gasteiger partial charge in [0.15, 0.2) is 0 Å². The van der Waals surface area contributed by atoms with Gasteiger partial charge >= 0.3 is 0 Å². The standard InChI is InChI=1S/C12H15Cl2N/c1-8-4-9(8)6-15-7-10-5-11(13)2-3-12(10)14/h2-3,5,8-9,15H,4,6-7H2,1H3. The molecular weight excluding hydrogens is 229 g/mol. The molecule has 2 unspecified atom stereocenters. The van der Waals surface area contributed by atoms with Crippen molar-refractivity contribution >= 4 is 23.2 Å². The van der Waals surface area contributed by atoms with Crippen LogP contribution in [0.3, 0.4) is 0 Å². The predicted molar refractivity (Wildman–Crippen MR) is 65.4 cm³/mol. The van der Waals surface area contributed by atoms with Crippen LogP contribution in [0.15, 0.2) is 18.2 Å². The van der Waals surface area contributed by atoms with Crippen LogP contribution in [0.1, 0.15) is 18.9 Å². The first-order valence-corrected chi connectivity index (χ1v) is 6.07. The minimum absolute atomic E-state index is 0.746. The monoisotopic (exact) mass is 243 g/mol. The zero-order chi connectivity index (χ0) is 10.8. The lowest BCUT2D eigenvalue weighted by Gasteiger charge is -2.06. The van der Waals surface area contributed by atoms with E-state index in [1.54, 1.807) is 0 Å². The third kappa shape index (κ3) is 3.10. The maximum absolute atomic E-state index is 6.06. The van der Waals surface area contributed by atoms with Gasteiger partial charge in [-0.1, -0.05) is 30.1 Å². The Morgan fingerprint density at radius 2 is 2.13 bits per heavy atom. The Labute approximate surface area is 101 Å². The van der Waals surface area contributed by atoms with E-state index in [2.05, 4.69) is 12.2 Å². The average Bonchev–Trinajstić information content (AvgIpc) is 2.88. The summed E-state index contributed by atoms with van der Waals surface area (Å²) in [4.78, 5) is 0. The molecule has 0 spiro atoms. The van der Waals surface area contributed by atoms with Gasteiger partial charge in [0.1, 0.15) is 0 Å². The molecule has 1 saturated carbocycles. The van der Waals surface area contributed by atoms with Gasteiger partial charge in [0.25, 0.3) is 0 Å². The first-order valence-electron chi connectivity index (χ1n) is 5.31. The van der Waals surface area contributed by atoms with E-state index in [0.29, 0.717) is 0 Å². The molecule has 1 aliphatic carbocycles. The van der Waals surface area contributed by atoms with Crippen LogP contribution < -0.4 is 5.32 Å². The average molecular weight is 244 g/mol. The molecule has 1 aromatic carbocycles. The molecular formula is C12H15Cl2N. The Morgan fingerprint density at radius 1 is 1.40 bits per heavy atom. The van der Waals surface area contributed by atoms with Gasteiger partial charge in [-0.25, -0.2) is 0 Å². The van der Waals surface area contributed by atoms with Gasteiger partial charge in [-0.05, 0) is 48.6 Å². The highest BCUT2D eigenvalue weighted by Crippen LogP contribution is 2.36. The van der Waals surface area contributed by atoms with Crippen molar-refractivity contribution in [2.75, 3.05) is 6.54 Å². The zero-order valence-corrected chi connectivity index (χ0v) is 10.3. The Hall–Kier alpha value is -0.240. The molecule has 0 radical (unpaired) electrons. The lowest BCUT2D eigenvalue weighted by atomic mass is 10.2. The number of rotatable bonds is 4. The molecule has 1 aromatic rings. The molecule has 2 rings (SSSR count). The zero-order valence-electron chi connectivity index (χ0n) is 8.76. The summed E-state index contributed by atoms with van der Waals surface area (Å²) < 4.78 is 0. The van der Waals surface area contributed by atoms with Gasteiger partial charge in [-0.15, -0.1) is 0 Å². The molecule has 0 bridgehead atoms. The number of halogens is 2. The van der Waals surface area contributed by atoms with Gasteiger partial charge in [-0.2, -0.15) is 0 Å². The lowest BCUT2D eigenvalue weighted by molar-refractivity contribution is 0.612. The van der Waals surface area contributed by atoms with Crippen molar-refractivity contribution in [2.45, 2.75) is 19.9 Å². The molecule has 82 valence electrons. The van der Waals surface area contributed by atoms with E-state index >= 15 is 0 Å². The number of hydrogen-bond acceptors (Lipinski definition) is 1. The fraction of sp³-hybridized carbons (Fsp3) is 0.500.